The zero-order valence-electron chi connectivity index (χ0n) is 18.3. The van der Waals surface area contributed by atoms with Crippen molar-refractivity contribution in [2.75, 3.05) is 26.6 Å². The van der Waals surface area contributed by atoms with Crippen LogP contribution in [0, 0.1) is 5.82 Å². The van der Waals surface area contributed by atoms with E-state index < -0.39 is 11.7 Å². The summed E-state index contributed by atoms with van der Waals surface area (Å²) in [6, 6.07) is 8.78. The Kier molecular flexibility index (Phi) is 6.21. The zero-order valence-corrected chi connectivity index (χ0v) is 18.3. The van der Waals surface area contributed by atoms with Gasteiger partial charge in [0.1, 0.15) is 5.82 Å². The molecule has 3 aromatic rings. The van der Waals surface area contributed by atoms with Crippen LogP contribution in [0.4, 0.5) is 10.3 Å². The number of Topliss-reactive ketones (excluding diaryl/α,β-unsaturated/α-hetero) is 1. The van der Waals surface area contributed by atoms with E-state index in [4.69, 9.17) is 14.2 Å². The Morgan fingerprint density at radius 2 is 1.70 bits per heavy atom. The largest absolute Gasteiger partial charge is 0.493 e. The van der Waals surface area contributed by atoms with E-state index in [1.165, 1.54) is 51.8 Å². The van der Waals surface area contributed by atoms with Crippen LogP contribution in [-0.4, -0.2) is 43.0 Å². The van der Waals surface area contributed by atoms with Crippen molar-refractivity contribution >= 4 is 17.6 Å². The zero-order chi connectivity index (χ0) is 23.5. The van der Waals surface area contributed by atoms with Gasteiger partial charge in [-0.1, -0.05) is 0 Å². The van der Waals surface area contributed by atoms with Crippen LogP contribution in [0.25, 0.3) is 0 Å². The molecule has 1 heterocycles. The normalized spacial score (nSPS) is 14.9. The molecule has 0 bridgehead atoms. The molecule has 8 nitrogen and oxygen atoms in total. The highest BCUT2D eigenvalue weighted by molar-refractivity contribution is 6.03. The monoisotopic (exact) mass is 451 g/mol. The number of nitrogens with one attached hydrogen (secondary N) is 1. The lowest BCUT2D eigenvalue weighted by Gasteiger charge is -2.24. The van der Waals surface area contributed by atoms with E-state index in [0.29, 0.717) is 34.9 Å². The maximum absolute atomic E-state index is 13.1. The molecule has 0 aliphatic heterocycles. The van der Waals surface area contributed by atoms with Gasteiger partial charge in [-0.2, -0.15) is 0 Å². The van der Waals surface area contributed by atoms with Crippen LogP contribution in [0.2, 0.25) is 0 Å². The molecular weight excluding hydrogens is 429 g/mol. The molecule has 2 aromatic carbocycles. The third kappa shape index (κ3) is 4.48. The van der Waals surface area contributed by atoms with E-state index in [2.05, 4.69) is 15.3 Å². The molecule has 1 aliphatic carbocycles. The predicted octanol–water partition coefficient (Wildman–Crippen LogP) is 3.81. The van der Waals surface area contributed by atoms with E-state index in [-0.39, 0.29) is 29.6 Å². The van der Waals surface area contributed by atoms with E-state index in [9.17, 15) is 14.0 Å². The smallest absolute Gasteiger partial charge is 0.258 e. The first-order valence-corrected chi connectivity index (χ1v) is 10.2. The number of amides is 1. The van der Waals surface area contributed by atoms with Gasteiger partial charge in [0.25, 0.3) is 5.91 Å². The van der Waals surface area contributed by atoms with Gasteiger partial charge in [0.05, 0.1) is 32.6 Å². The van der Waals surface area contributed by atoms with Crippen LogP contribution in [0.15, 0.2) is 42.6 Å². The molecule has 1 atom stereocenters. The molecule has 0 radical (unpaired) electrons. The summed E-state index contributed by atoms with van der Waals surface area (Å²) in [6.45, 7) is 0. The first-order chi connectivity index (χ1) is 15.9. The summed E-state index contributed by atoms with van der Waals surface area (Å²) < 4.78 is 29.3. The van der Waals surface area contributed by atoms with Crippen molar-refractivity contribution < 1.29 is 28.2 Å². The molecule has 4 rings (SSSR count). The molecule has 1 aliphatic rings. The number of nitrogens with zero attached hydrogens (tertiary/aromatic N) is 2. The molecule has 1 amide bonds. The fraction of sp³-hybridized carbons (Fsp3) is 0.250. The summed E-state index contributed by atoms with van der Waals surface area (Å²) >= 11 is 0. The van der Waals surface area contributed by atoms with E-state index in [1.54, 1.807) is 0 Å². The minimum absolute atomic E-state index is 0.0708. The average molecular weight is 451 g/mol. The van der Waals surface area contributed by atoms with E-state index in [0.717, 1.165) is 5.56 Å². The highest BCUT2D eigenvalue weighted by atomic mass is 19.1. The molecule has 1 aromatic heterocycles. The molecule has 9 heteroatoms. The van der Waals surface area contributed by atoms with Crippen LogP contribution < -0.4 is 19.5 Å². The quantitative estimate of drug-likeness (QED) is 0.608. The van der Waals surface area contributed by atoms with Gasteiger partial charge in [0.2, 0.25) is 11.7 Å². The Morgan fingerprint density at radius 1 is 1.03 bits per heavy atom. The second-order valence-electron chi connectivity index (χ2n) is 7.50. The van der Waals surface area contributed by atoms with Crippen molar-refractivity contribution in [2.45, 2.75) is 18.8 Å². The number of aromatic nitrogens is 2. The number of carbonyl (C=O) groups excluding carboxylic acids is 2. The second-order valence-corrected chi connectivity index (χ2v) is 7.50. The number of halogens is 1. The number of rotatable bonds is 6. The Bertz CT molecular complexity index is 1190. The van der Waals surface area contributed by atoms with Gasteiger partial charge in [-0.05, 0) is 54.3 Å². The number of ketones is 1. The first kappa shape index (κ1) is 22.2. The van der Waals surface area contributed by atoms with Crippen molar-refractivity contribution in [1.82, 2.24) is 9.97 Å². The lowest BCUT2D eigenvalue weighted by atomic mass is 9.82. The molecular formula is C24H22FN3O5. The molecule has 0 spiro atoms. The maximum Gasteiger partial charge on any atom is 0.258 e. The number of methoxy groups -OCH3 is 3. The summed E-state index contributed by atoms with van der Waals surface area (Å²) in [6.07, 6.45) is 2.16. The fourth-order valence-corrected chi connectivity index (χ4v) is 3.85. The minimum Gasteiger partial charge on any atom is -0.493 e. The summed E-state index contributed by atoms with van der Waals surface area (Å²) in [5.41, 5.74) is 2.08. The molecule has 33 heavy (non-hydrogen) atoms. The van der Waals surface area contributed by atoms with Gasteiger partial charge in [0, 0.05) is 18.2 Å². The highest BCUT2D eigenvalue weighted by Gasteiger charge is 2.30. The number of carbonyl (C=O) groups is 2. The second kappa shape index (κ2) is 9.23. The molecule has 0 fully saturated rings. The van der Waals surface area contributed by atoms with E-state index >= 15 is 0 Å². The average Bonchev–Trinajstić information content (AvgIpc) is 2.83. The third-order valence-corrected chi connectivity index (χ3v) is 5.53. The van der Waals surface area contributed by atoms with Gasteiger partial charge >= 0.3 is 0 Å². The summed E-state index contributed by atoms with van der Waals surface area (Å²) in [7, 11) is 4.59. The first-order valence-electron chi connectivity index (χ1n) is 10.2. The minimum atomic E-state index is -0.474. The standard InChI is InChI=1S/C24H22FN3O5/c1-31-20-10-15(11-21(32-2)22(20)33-3)14-8-18-17(19(29)9-14)12-26-24(27-18)28-23(30)13-4-6-16(25)7-5-13/h4-7,10-12,14H,8-9H2,1-3H3,(H,26,27,28,30). The number of hydrogen-bond acceptors (Lipinski definition) is 7. The Hall–Kier alpha value is -4.01. The molecule has 0 saturated heterocycles. The topological polar surface area (TPSA) is 99.6 Å². The third-order valence-electron chi connectivity index (χ3n) is 5.53. The van der Waals surface area contributed by atoms with Crippen molar-refractivity contribution in [3.05, 3.63) is 70.8 Å². The van der Waals surface area contributed by atoms with Crippen LogP contribution in [0.3, 0.4) is 0 Å². The lowest BCUT2D eigenvalue weighted by Crippen LogP contribution is -2.22. The van der Waals surface area contributed by atoms with Crippen LogP contribution in [-0.2, 0) is 6.42 Å². The molecule has 170 valence electrons. The number of benzene rings is 2. The number of fused-ring (bicyclic) bond motifs is 1. The van der Waals surface area contributed by atoms with Gasteiger partial charge in [-0.3, -0.25) is 14.9 Å². The predicted molar refractivity (Wildman–Crippen MR) is 118 cm³/mol. The van der Waals surface area contributed by atoms with Gasteiger partial charge in [-0.25, -0.2) is 14.4 Å². The Balaban J connectivity index is 1.61. The van der Waals surface area contributed by atoms with Gasteiger partial charge < -0.3 is 14.2 Å². The lowest BCUT2D eigenvalue weighted by molar-refractivity contribution is 0.0962. The fourth-order valence-electron chi connectivity index (χ4n) is 3.85. The Labute approximate surface area is 189 Å². The van der Waals surface area contributed by atoms with Gasteiger partial charge in [0.15, 0.2) is 17.3 Å². The van der Waals surface area contributed by atoms with Crippen LogP contribution in [0.5, 0.6) is 17.2 Å². The van der Waals surface area contributed by atoms with Gasteiger partial charge in [-0.15, -0.1) is 0 Å². The summed E-state index contributed by atoms with van der Waals surface area (Å²) in [4.78, 5) is 33.7. The SMILES string of the molecule is COc1cc(C2CC(=O)c3cnc(NC(=O)c4ccc(F)cc4)nc3C2)cc(OC)c1OC. The Morgan fingerprint density at radius 3 is 2.30 bits per heavy atom. The van der Waals surface area contributed by atoms with E-state index in [1.807, 2.05) is 12.1 Å². The van der Waals surface area contributed by atoms with Crippen molar-refractivity contribution in [1.29, 1.82) is 0 Å². The molecule has 1 N–H and O–H groups in total. The van der Waals surface area contributed by atoms with Crippen molar-refractivity contribution in [2.24, 2.45) is 0 Å². The van der Waals surface area contributed by atoms with Crippen molar-refractivity contribution in [3.8, 4) is 17.2 Å². The van der Waals surface area contributed by atoms with Crippen LogP contribution in [0.1, 0.15) is 44.3 Å². The van der Waals surface area contributed by atoms with Crippen molar-refractivity contribution in [3.63, 3.8) is 0 Å². The molecule has 0 saturated carbocycles. The number of anilines is 1. The van der Waals surface area contributed by atoms with Crippen LogP contribution >= 0.6 is 0 Å². The number of ether oxygens (including phenoxy) is 3. The number of hydrogen-bond donors (Lipinski definition) is 1. The highest BCUT2D eigenvalue weighted by Crippen LogP contribution is 2.42. The summed E-state index contributed by atoms with van der Waals surface area (Å²) in [5, 5.41) is 2.60. The maximum atomic E-state index is 13.1. The molecule has 1 unspecified atom stereocenters. The summed E-state index contributed by atoms with van der Waals surface area (Å²) in [5.74, 6) is 0.368.